The minimum absolute atomic E-state index is 0.320. The fraction of sp³-hybridized carbons (Fsp3) is 0.647. The summed E-state index contributed by atoms with van der Waals surface area (Å²) in [7, 11) is 0. The smallest absolute Gasteiger partial charge is 0.0802 e. The second kappa shape index (κ2) is 6.53. The van der Waals surface area contributed by atoms with E-state index in [9.17, 15) is 5.11 Å². The topological polar surface area (TPSA) is 23.5 Å². The summed E-state index contributed by atoms with van der Waals surface area (Å²) >= 11 is 0. The van der Waals surface area contributed by atoms with Crippen molar-refractivity contribution in [2.75, 3.05) is 19.6 Å². The number of aliphatic hydroxyl groups excluding tert-OH is 1. The van der Waals surface area contributed by atoms with E-state index in [1.54, 1.807) is 0 Å². The summed E-state index contributed by atoms with van der Waals surface area (Å²) in [6, 6.07) is 6.37. The van der Waals surface area contributed by atoms with Gasteiger partial charge in [0.05, 0.1) is 6.10 Å². The van der Waals surface area contributed by atoms with Crippen LogP contribution in [0.25, 0.3) is 0 Å². The quantitative estimate of drug-likeness (QED) is 0.877. The predicted molar refractivity (Wildman–Crippen MR) is 80.3 cm³/mol. The molecule has 1 heterocycles. The van der Waals surface area contributed by atoms with Gasteiger partial charge in [-0.15, -0.1) is 0 Å². The Morgan fingerprint density at radius 1 is 1.26 bits per heavy atom. The lowest BCUT2D eigenvalue weighted by molar-refractivity contribution is 0.147. The van der Waals surface area contributed by atoms with Gasteiger partial charge in [0, 0.05) is 13.1 Å². The van der Waals surface area contributed by atoms with Gasteiger partial charge in [-0.05, 0) is 44.7 Å². The molecule has 0 amide bonds. The lowest BCUT2D eigenvalue weighted by Gasteiger charge is -2.19. The first-order valence-corrected chi connectivity index (χ1v) is 7.57. The molecule has 1 N–H and O–H groups in total. The average molecular weight is 261 g/mol. The maximum Gasteiger partial charge on any atom is 0.0802 e. The zero-order valence-electron chi connectivity index (χ0n) is 12.5. The number of likely N-dealkylation sites (tertiary alicyclic amines) is 1. The molecule has 2 nitrogen and oxygen atoms in total. The summed E-state index contributed by atoms with van der Waals surface area (Å²) in [5.74, 6) is 0.873. The highest BCUT2D eigenvalue weighted by Crippen LogP contribution is 2.23. The minimum atomic E-state index is -0.320. The molecular formula is C17H27NO. The molecule has 106 valence electrons. The highest BCUT2D eigenvalue weighted by Gasteiger charge is 2.21. The minimum Gasteiger partial charge on any atom is -0.388 e. The van der Waals surface area contributed by atoms with Crippen molar-refractivity contribution in [1.29, 1.82) is 0 Å². The van der Waals surface area contributed by atoms with Crippen LogP contribution in [0.3, 0.4) is 0 Å². The zero-order valence-corrected chi connectivity index (χ0v) is 12.5. The third-order valence-corrected chi connectivity index (χ3v) is 4.29. The predicted octanol–water partition coefficient (Wildman–Crippen LogP) is 3.46. The van der Waals surface area contributed by atoms with Gasteiger partial charge in [-0.3, -0.25) is 0 Å². The molecule has 0 aromatic heterocycles. The standard InChI is InChI=1S/C17H27NO/c1-4-15-5-7-18(12-15)8-6-17(19)16-10-13(2)9-14(3)11-16/h9-11,15,17,19H,4-8,12H2,1-3H3. The summed E-state index contributed by atoms with van der Waals surface area (Å²) in [4.78, 5) is 2.50. The average Bonchev–Trinajstić information content (AvgIpc) is 2.82. The van der Waals surface area contributed by atoms with E-state index >= 15 is 0 Å². The van der Waals surface area contributed by atoms with Crippen LogP contribution in [0.1, 0.15) is 49.0 Å². The zero-order chi connectivity index (χ0) is 13.8. The van der Waals surface area contributed by atoms with Crippen LogP contribution >= 0.6 is 0 Å². The Kier molecular flexibility index (Phi) is 5.00. The summed E-state index contributed by atoms with van der Waals surface area (Å²) in [5, 5.41) is 10.3. The fourth-order valence-electron chi connectivity index (χ4n) is 3.12. The van der Waals surface area contributed by atoms with E-state index in [2.05, 4.69) is 43.9 Å². The third kappa shape index (κ3) is 4.05. The van der Waals surface area contributed by atoms with Crippen LogP contribution in [0.15, 0.2) is 18.2 Å². The van der Waals surface area contributed by atoms with E-state index in [0.29, 0.717) is 0 Å². The Morgan fingerprint density at radius 3 is 2.53 bits per heavy atom. The molecule has 1 aromatic carbocycles. The van der Waals surface area contributed by atoms with Crippen molar-refractivity contribution >= 4 is 0 Å². The molecule has 2 unspecified atom stereocenters. The first kappa shape index (κ1) is 14.5. The van der Waals surface area contributed by atoms with Gasteiger partial charge in [0.15, 0.2) is 0 Å². The van der Waals surface area contributed by atoms with E-state index in [1.807, 2.05) is 0 Å². The van der Waals surface area contributed by atoms with Crippen LogP contribution in [0.2, 0.25) is 0 Å². The SMILES string of the molecule is CCC1CCN(CCC(O)c2cc(C)cc(C)c2)C1. The Hall–Kier alpha value is -0.860. The molecule has 0 radical (unpaired) electrons. The van der Waals surface area contributed by atoms with Crippen LogP contribution in [-0.4, -0.2) is 29.6 Å². The molecule has 0 aliphatic carbocycles. The molecule has 1 saturated heterocycles. The van der Waals surface area contributed by atoms with Crippen molar-refractivity contribution in [1.82, 2.24) is 4.90 Å². The van der Waals surface area contributed by atoms with Crippen LogP contribution in [0.5, 0.6) is 0 Å². The Bertz CT molecular complexity index is 395. The van der Waals surface area contributed by atoms with Crippen LogP contribution in [0.4, 0.5) is 0 Å². The second-order valence-corrected chi connectivity index (χ2v) is 6.09. The van der Waals surface area contributed by atoms with E-state index in [4.69, 9.17) is 0 Å². The van der Waals surface area contributed by atoms with E-state index in [-0.39, 0.29) is 6.10 Å². The molecule has 0 saturated carbocycles. The summed E-state index contributed by atoms with van der Waals surface area (Å²) in [6.07, 6.45) is 3.14. The maximum atomic E-state index is 10.3. The van der Waals surface area contributed by atoms with Gasteiger partial charge in [-0.25, -0.2) is 0 Å². The van der Waals surface area contributed by atoms with Crippen LogP contribution in [0, 0.1) is 19.8 Å². The number of hydrogen-bond donors (Lipinski definition) is 1. The lowest BCUT2D eigenvalue weighted by Crippen LogP contribution is -2.23. The molecule has 0 bridgehead atoms. The van der Waals surface area contributed by atoms with Gasteiger partial charge in [0.1, 0.15) is 0 Å². The van der Waals surface area contributed by atoms with Gasteiger partial charge in [-0.2, -0.15) is 0 Å². The number of benzene rings is 1. The van der Waals surface area contributed by atoms with Crippen molar-refractivity contribution in [3.63, 3.8) is 0 Å². The van der Waals surface area contributed by atoms with Crippen molar-refractivity contribution in [2.24, 2.45) is 5.92 Å². The van der Waals surface area contributed by atoms with E-state index in [0.717, 1.165) is 24.4 Å². The van der Waals surface area contributed by atoms with Crippen molar-refractivity contribution in [2.45, 2.75) is 46.1 Å². The summed E-state index contributed by atoms with van der Waals surface area (Å²) in [6.45, 7) is 9.91. The van der Waals surface area contributed by atoms with Gasteiger partial charge in [-0.1, -0.05) is 42.7 Å². The Morgan fingerprint density at radius 2 is 1.95 bits per heavy atom. The molecule has 1 aromatic rings. The molecule has 2 atom stereocenters. The number of rotatable bonds is 5. The van der Waals surface area contributed by atoms with Gasteiger partial charge in [0.25, 0.3) is 0 Å². The first-order chi connectivity index (χ1) is 9.08. The number of hydrogen-bond acceptors (Lipinski definition) is 2. The molecule has 2 heteroatoms. The van der Waals surface area contributed by atoms with Crippen molar-refractivity contribution in [3.05, 3.63) is 34.9 Å². The second-order valence-electron chi connectivity index (χ2n) is 6.09. The number of aryl methyl sites for hydroxylation is 2. The van der Waals surface area contributed by atoms with Crippen LogP contribution < -0.4 is 0 Å². The molecule has 19 heavy (non-hydrogen) atoms. The molecule has 1 aliphatic rings. The van der Waals surface area contributed by atoms with Gasteiger partial charge >= 0.3 is 0 Å². The highest BCUT2D eigenvalue weighted by molar-refractivity contribution is 5.29. The highest BCUT2D eigenvalue weighted by atomic mass is 16.3. The van der Waals surface area contributed by atoms with E-state index in [1.165, 1.54) is 37.1 Å². The van der Waals surface area contributed by atoms with Crippen molar-refractivity contribution < 1.29 is 5.11 Å². The fourth-order valence-corrected chi connectivity index (χ4v) is 3.12. The Labute approximate surface area is 117 Å². The van der Waals surface area contributed by atoms with Crippen molar-refractivity contribution in [3.8, 4) is 0 Å². The summed E-state index contributed by atoms with van der Waals surface area (Å²) in [5.41, 5.74) is 3.55. The molecular weight excluding hydrogens is 234 g/mol. The van der Waals surface area contributed by atoms with Gasteiger partial charge in [0.2, 0.25) is 0 Å². The van der Waals surface area contributed by atoms with Crippen LogP contribution in [-0.2, 0) is 0 Å². The maximum absolute atomic E-state index is 10.3. The monoisotopic (exact) mass is 261 g/mol. The van der Waals surface area contributed by atoms with Gasteiger partial charge < -0.3 is 10.0 Å². The number of nitrogens with zero attached hydrogens (tertiary/aromatic N) is 1. The normalized spacial score (nSPS) is 21.8. The molecule has 2 rings (SSSR count). The first-order valence-electron chi connectivity index (χ1n) is 7.57. The largest absolute Gasteiger partial charge is 0.388 e. The molecule has 0 spiro atoms. The summed E-state index contributed by atoms with van der Waals surface area (Å²) < 4.78 is 0. The molecule has 1 fully saturated rings. The third-order valence-electron chi connectivity index (χ3n) is 4.29. The molecule has 1 aliphatic heterocycles. The Balaban J connectivity index is 1.85. The van der Waals surface area contributed by atoms with E-state index < -0.39 is 0 Å². The lowest BCUT2D eigenvalue weighted by atomic mass is 10.0. The number of aliphatic hydroxyl groups is 1.